The number of benzene rings is 1. The maximum Gasteiger partial charge on any atom is 0.312 e. The molecule has 0 aromatic heterocycles. The van der Waals surface area contributed by atoms with Crippen LogP contribution in [0.1, 0.15) is 36.8 Å². The maximum absolute atomic E-state index is 12.3. The van der Waals surface area contributed by atoms with Gasteiger partial charge in [-0.3, -0.25) is 4.79 Å². The quantitative estimate of drug-likeness (QED) is 0.597. The zero-order chi connectivity index (χ0) is 18.1. The average molecular weight is 347 g/mol. The third-order valence-electron chi connectivity index (χ3n) is 4.73. The summed E-state index contributed by atoms with van der Waals surface area (Å²) in [6.07, 6.45) is 3.27. The number of urea groups is 1. The summed E-state index contributed by atoms with van der Waals surface area (Å²) < 4.78 is 0. The average Bonchev–Trinajstić information content (AvgIpc) is 2.58. The van der Waals surface area contributed by atoms with Crippen LogP contribution in [-0.2, 0) is 11.3 Å². The van der Waals surface area contributed by atoms with E-state index in [4.69, 9.17) is 5.73 Å². The van der Waals surface area contributed by atoms with Crippen LogP contribution >= 0.6 is 0 Å². The minimum absolute atomic E-state index is 0.262. The Kier molecular flexibility index (Phi) is 7.73. The second-order valence-electron chi connectivity index (χ2n) is 6.90. The highest BCUT2D eigenvalue weighted by molar-refractivity contribution is 5.76. The van der Waals surface area contributed by atoms with Crippen LogP contribution in [0.25, 0.3) is 0 Å². The molecule has 1 aromatic carbocycles. The Bertz CT molecular complexity index is 568. The van der Waals surface area contributed by atoms with Crippen LogP contribution in [-0.4, -0.2) is 49.6 Å². The molecule has 6 heteroatoms. The first-order valence-corrected chi connectivity index (χ1v) is 9.25. The molecule has 0 saturated carbocycles. The topological polar surface area (TPSA) is 79.9 Å². The summed E-state index contributed by atoms with van der Waals surface area (Å²) in [6.45, 7) is 7.48. The molecule has 25 heavy (non-hydrogen) atoms. The first kappa shape index (κ1) is 19.2. The summed E-state index contributed by atoms with van der Waals surface area (Å²) in [4.78, 5) is 26.4. The van der Waals surface area contributed by atoms with E-state index in [0.29, 0.717) is 13.0 Å². The van der Waals surface area contributed by atoms with Gasteiger partial charge in [0.25, 0.3) is 0 Å². The van der Waals surface area contributed by atoms with Gasteiger partial charge in [-0.1, -0.05) is 36.2 Å². The summed E-state index contributed by atoms with van der Waals surface area (Å²) in [5.41, 5.74) is 7.68. The first-order valence-electron chi connectivity index (χ1n) is 9.25. The zero-order valence-corrected chi connectivity index (χ0v) is 15.2. The van der Waals surface area contributed by atoms with E-state index in [2.05, 4.69) is 36.5 Å². The van der Waals surface area contributed by atoms with Crippen LogP contribution < -0.4 is 16.0 Å². The van der Waals surface area contributed by atoms with Gasteiger partial charge in [-0.2, -0.15) is 0 Å². The van der Waals surface area contributed by atoms with Gasteiger partial charge >= 0.3 is 6.03 Å². The molecule has 1 aromatic rings. The maximum atomic E-state index is 12.3. The van der Waals surface area contributed by atoms with Crippen LogP contribution in [0.2, 0.25) is 0 Å². The molecule has 3 amide bonds. The lowest BCUT2D eigenvalue weighted by molar-refractivity contribution is -0.917. The lowest BCUT2D eigenvalue weighted by Gasteiger charge is -2.32. The van der Waals surface area contributed by atoms with Crippen molar-refractivity contribution < 1.29 is 14.5 Å². The summed E-state index contributed by atoms with van der Waals surface area (Å²) in [5, 5.41) is 2.57. The molecule has 1 fully saturated rings. The number of hydrogen-bond acceptors (Lipinski definition) is 2. The van der Waals surface area contributed by atoms with Crippen molar-refractivity contribution in [3.63, 3.8) is 0 Å². The second kappa shape index (κ2) is 10.0. The number of unbranched alkanes of at least 4 members (excludes halogenated alkanes) is 2. The predicted molar refractivity (Wildman–Crippen MR) is 98.2 cm³/mol. The van der Waals surface area contributed by atoms with Gasteiger partial charge < -0.3 is 20.9 Å². The zero-order valence-electron chi connectivity index (χ0n) is 15.2. The molecular weight excluding hydrogens is 316 g/mol. The molecule has 1 saturated heterocycles. The highest BCUT2D eigenvalue weighted by Gasteiger charge is 2.23. The Morgan fingerprint density at radius 3 is 2.64 bits per heavy atom. The number of nitrogens with zero attached hydrogens (tertiary/aromatic N) is 1. The number of piperazine rings is 1. The highest BCUT2D eigenvalue weighted by atomic mass is 16.2. The van der Waals surface area contributed by atoms with E-state index in [1.165, 1.54) is 11.1 Å². The molecule has 138 valence electrons. The largest absolute Gasteiger partial charge is 0.352 e. The number of quaternary nitrogens is 1. The van der Waals surface area contributed by atoms with Crippen molar-refractivity contribution in [3.05, 3.63) is 35.4 Å². The Hall–Kier alpha value is -2.08. The molecule has 1 aliphatic rings. The fraction of sp³-hybridized carbons (Fsp3) is 0.579. The number of primary amides is 1. The van der Waals surface area contributed by atoms with Crippen molar-refractivity contribution in [2.45, 2.75) is 39.2 Å². The fourth-order valence-corrected chi connectivity index (χ4v) is 3.31. The number of hydrogen-bond donors (Lipinski definition) is 3. The van der Waals surface area contributed by atoms with E-state index < -0.39 is 6.03 Å². The van der Waals surface area contributed by atoms with E-state index in [1.807, 2.05) is 4.90 Å². The van der Waals surface area contributed by atoms with Gasteiger partial charge in [-0.05, 0) is 19.8 Å². The lowest BCUT2D eigenvalue weighted by atomic mass is 10.1. The van der Waals surface area contributed by atoms with Gasteiger partial charge in [-0.15, -0.1) is 0 Å². The van der Waals surface area contributed by atoms with Crippen LogP contribution in [0.5, 0.6) is 0 Å². The first-order chi connectivity index (χ1) is 12.0. The van der Waals surface area contributed by atoms with E-state index >= 15 is 0 Å². The van der Waals surface area contributed by atoms with Gasteiger partial charge in [0.2, 0.25) is 5.91 Å². The number of amides is 3. The van der Waals surface area contributed by atoms with Crippen LogP contribution in [0.15, 0.2) is 24.3 Å². The van der Waals surface area contributed by atoms with E-state index in [1.54, 1.807) is 4.90 Å². The number of carbonyl (C=O) groups excluding carboxylic acids is 2. The van der Waals surface area contributed by atoms with E-state index in [9.17, 15) is 9.59 Å². The molecule has 0 aliphatic carbocycles. The van der Waals surface area contributed by atoms with Crippen molar-refractivity contribution >= 4 is 11.9 Å². The minimum Gasteiger partial charge on any atom is -0.352 e. The van der Waals surface area contributed by atoms with Gasteiger partial charge in [0.05, 0.1) is 26.2 Å². The minimum atomic E-state index is -0.484. The van der Waals surface area contributed by atoms with Crippen LogP contribution in [0.3, 0.4) is 0 Å². The lowest BCUT2D eigenvalue weighted by Crippen LogP contribution is -3.13. The van der Waals surface area contributed by atoms with Crippen molar-refractivity contribution in [2.75, 3.05) is 32.7 Å². The number of carbonyl (C=O) groups is 2. The summed E-state index contributed by atoms with van der Waals surface area (Å²) in [6, 6.07) is 8.19. The molecule has 0 spiro atoms. The molecule has 2 rings (SSSR count). The molecule has 1 aliphatic heterocycles. The molecule has 0 unspecified atom stereocenters. The van der Waals surface area contributed by atoms with E-state index in [-0.39, 0.29) is 5.91 Å². The van der Waals surface area contributed by atoms with Gasteiger partial charge in [0, 0.05) is 18.5 Å². The summed E-state index contributed by atoms with van der Waals surface area (Å²) >= 11 is 0. The van der Waals surface area contributed by atoms with Crippen LogP contribution in [0, 0.1) is 6.92 Å². The summed E-state index contributed by atoms with van der Waals surface area (Å²) in [7, 11) is 0. The summed E-state index contributed by atoms with van der Waals surface area (Å²) in [5.74, 6) is 0.262. The van der Waals surface area contributed by atoms with Gasteiger partial charge in [0.1, 0.15) is 6.54 Å². The van der Waals surface area contributed by atoms with Crippen molar-refractivity contribution in [2.24, 2.45) is 5.73 Å². The SMILES string of the molecule is Cc1cccc(C[NH+]2CCN(C(=O)CCCCCNC(N)=O)CC2)c1. The Morgan fingerprint density at radius 1 is 1.20 bits per heavy atom. The van der Waals surface area contributed by atoms with Gasteiger partial charge in [-0.25, -0.2) is 4.79 Å². The second-order valence-corrected chi connectivity index (χ2v) is 6.90. The number of nitrogens with one attached hydrogen (secondary N) is 2. The Morgan fingerprint density at radius 2 is 1.96 bits per heavy atom. The highest BCUT2D eigenvalue weighted by Crippen LogP contribution is 2.05. The number of nitrogens with two attached hydrogens (primary N) is 1. The molecule has 0 atom stereocenters. The van der Waals surface area contributed by atoms with Crippen molar-refractivity contribution in [1.29, 1.82) is 0 Å². The molecular formula is C19H31N4O2+. The number of rotatable bonds is 8. The van der Waals surface area contributed by atoms with Crippen LogP contribution in [0.4, 0.5) is 4.79 Å². The third-order valence-corrected chi connectivity index (χ3v) is 4.73. The monoisotopic (exact) mass is 347 g/mol. The smallest absolute Gasteiger partial charge is 0.312 e. The van der Waals surface area contributed by atoms with Gasteiger partial charge in [0.15, 0.2) is 0 Å². The molecule has 1 heterocycles. The fourth-order valence-electron chi connectivity index (χ4n) is 3.31. The predicted octanol–water partition coefficient (Wildman–Crippen LogP) is 0.451. The van der Waals surface area contributed by atoms with Crippen molar-refractivity contribution in [1.82, 2.24) is 10.2 Å². The molecule has 4 N–H and O–H groups in total. The third kappa shape index (κ3) is 7.13. The van der Waals surface area contributed by atoms with E-state index in [0.717, 1.165) is 52.0 Å². The molecule has 0 radical (unpaired) electrons. The Balaban J connectivity index is 1.61. The standard InChI is InChI=1S/C19H30N4O2/c1-16-6-5-7-17(14-16)15-22-10-12-23(13-11-22)18(24)8-3-2-4-9-21-19(20)25/h5-7,14H,2-4,8-13,15H2,1H3,(H3,20,21,25)/p+1. The molecule has 0 bridgehead atoms. The Labute approximate surface area is 150 Å². The molecule has 6 nitrogen and oxygen atoms in total. The number of aryl methyl sites for hydroxylation is 1. The normalized spacial score (nSPS) is 15.2. The van der Waals surface area contributed by atoms with Crippen molar-refractivity contribution in [3.8, 4) is 0 Å².